The van der Waals surface area contributed by atoms with Gasteiger partial charge in [0.1, 0.15) is 5.69 Å². The molecule has 0 unspecified atom stereocenters. The number of aromatic nitrogens is 1. The standard InChI is InChI=1S/C15H15NO3/c1-9-4-5-11(6-10(9)2)14(17)12-7-13(15(18)19)16(3)8-12/h4-8H,1-3H3,(H,18,19). The van der Waals surface area contributed by atoms with Crippen LogP contribution in [0.4, 0.5) is 0 Å². The first-order valence-electron chi connectivity index (χ1n) is 5.91. The van der Waals surface area contributed by atoms with Crippen molar-refractivity contribution in [2.75, 3.05) is 0 Å². The van der Waals surface area contributed by atoms with Crippen LogP contribution >= 0.6 is 0 Å². The number of carboxylic acid groups (broad SMARTS) is 1. The number of carboxylic acids is 1. The van der Waals surface area contributed by atoms with Crippen LogP contribution in [0.3, 0.4) is 0 Å². The van der Waals surface area contributed by atoms with Crippen molar-refractivity contribution in [3.63, 3.8) is 0 Å². The number of carbonyl (C=O) groups excluding carboxylic acids is 1. The zero-order valence-electron chi connectivity index (χ0n) is 11.1. The molecule has 0 spiro atoms. The summed E-state index contributed by atoms with van der Waals surface area (Å²) in [4.78, 5) is 23.3. The molecule has 1 aromatic carbocycles. The molecule has 1 heterocycles. The molecule has 1 N–H and O–H groups in total. The van der Waals surface area contributed by atoms with E-state index in [0.29, 0.717) is 11.1 Å². The summed E-state index contributed by atoms with van der Waals surface area (Å²) < 4.78 is 1.44. The van der Waals surface area contributed by atoms with Crippen LogP contribution in [0, 0.1) is 13.8 Å². The highest BCUT2D eigenvalue weighted by atomic mass is 16.4. The summed E-state index contributed by atoms with van der Waals surface area (Å²) in [6.45, 7) is 3.93. The van der Waals surface area contributed by atoms with Gasteiger partial charge in [-0.3, -0.25) is 4.79 Å². The molecule has 0 atom stereocenters. The first-order chi connectivity index (χ1) is 8.90. The quantitative estimate of drug-likeness (QED) is 0.860. The largest absolute Gasteiger partial charge is 0.477 e. The average Bonchev–Trinajstić information content (AvgIpc) is 2.74. The molecule has 0 aliphatic carbocycles. The topological polar surface area (TPSA) is 59.3 Å². The van der Waals surface area contributed by atoms with Crippen LogP contribution in [0.2, 0.25) is 0 Å². The van der Waals surface area contributed by atoms with Gasteiger partial charge in [0.15, 0.2) is 5.78 Å². The smallest absolute Gasteiger partial charge is 0.352 e. The summed E-state index contributed by atoms with van der Waals surface area (Å²) in [5.74, 6) is -1.20. The normalized spacial score (nSPS) is 10.5. The van der Waals surface area contributed by atoms with Crippen LogP contribution in [-0.4, -0.2) is 21.4 Å². The van der Waals surface area contributed by atoms with Gasteiger partial charge < -0.3 is 9.67 Å². The monoisotopic (exact) mass is 257 g/mol. The molecule has 0 amide bonds. The Morgan fingerprint density at radius 2 is 1.74 bits per heavy atom. The number of carbonyl (C=O) groups is 2. The van der Waals surface area contributed by atoms with Gasteiger partial charge in [-0.1, -0.05) is 12.1 Å². The van der Waals surface area contributed by atoms with E-state index in [1.54, 1.807) is 19.3 Å². The summed E-state index contributed by atoms with van der Waals surface area (Å²) in [5, 5.41) is 8.98. The lowest BCUT2D eigenvalue weighted by Gasteiger charge is -2.03. The fourth-order valence-corrected chi connectivity index (χ4v) is 1.95. The third kappa shape index (κ3) is 2.42. The van der Waals surface area contributed by atoms with E-state index < -0.39 is 5.97 Å². The Labute approximate surface area is 111 Å². The number of rotatable bonds is 3. The number of hydrogen-bond acceptors (Lipinski definition) is 2. The van der Waals surface area contributed by atoms with Gasteiger partial charge in [-0.15, -0.1) is 0 Å². The van der Waals surface area contributed by atoms with Gasteiger partial charge in [0, 0.05) is 24.4 Å². The first kappa shape index (κ1) is 13.1. The molecule has 0 aliphatic heterocycles. The summed E-state index contributed by atoms with van der Waals surface area (Å²) >= 11 is 0. The number of aryl methyl sites for hydroxylation is 3. The van der Waals surface area contributed by atoms with E-state index in [9.17, 15) is 9.59 Å². The van der Waals surface area contributed by atoms with E-state index in [1.165, 1.54) is 10.6 Å². The second-order valence-corrected chi connectivity index (χ2v) is 4.66. The molecule has 0 aliphatic rings. The van der Waals surface area contributed by atoms with Crippen LogP contribution in [-0.2, 0) is 7.05 Å². The third-order valence-electron chi connectivity index (χ3n) is 3.26. The molecule has 0 bridgehead atoms. The van der Waals surface area contributed by atoms with E-state index in [2.05, 4.69) is 0 Å². The van der Waals surface area contributed by atoms with Crippen LogP contribution in [0.25, 0.3) is 0 Å². The third-order valence-corrected chi connectivity index (χ3v) is 3.26. The molecule has 0 fully saturated rings. The van der Waals surface area contributed by atoms with Gasteiger partial charge in [-0.2, -0.15) is 0 Å². The fraction of sp³-hybridized carbons (Fsp3) is 0.200. The maximum absolute atomic E-state index is 12.3. The molecule has 0 saturated heterocycles. The zero-order valence-corrected chi connectivity index (χ0v) is 11.1. The second kappa shape index (κ2) is 4.72. The van der Waals surface area contributed by atoms with Gasteiger partial charge >= 0.3 is 5.97 Å². The van der Waals surface area contributed by atoms with Crippen LogP contribution in [0.5, 0.6) is 0 Å². The Balaban J connectivity index is 2.41. The molecule has 0 saturated carbocycles. The van der Waals surface area contributed by atoms with Crippen molar-refractivity contribution in [1.82, 2.24) is 4.57 Å². The van der Waals surface area contributed by atoms with Gasteiger partial charge in [-0.25, -0.2) is 4.79 Å². The van der Waals surface area contributed by atoms with Gasteiger partial charge in [0.2, 0.25) is 0 Å². The number of hydrogen-bond donors (Lipinski definition) is 1. The van der Waals surface area contributed by atoms with Crippen LogP contribution in [0.1, 0.15) is 37.5 Å². The minimum atomic E-state index is -1.04. The molecule has 2 aromatic rings. The lowest BCUT2D eigenvalue weighted by Crippen LogP contribution is -2.02. The Bertz CT molecular complexity index is 668. The van der Waals surface area contributed by atoms with Crippen LogP contribution in [0.15, 0.2) is 30.5 Å². The average molecular weight is 257 g/mol. The molecule has 4 heteroatoms. The molecular weight excluding hydrogens is 242 g/mol. The minimum absolute atomic E-state index is 0.104. The van der Waals surface area contributed by atoms with E-state index in [-0.39, 0.29) is 11.5 Å². The molecule has 0 radical (unpaired) electrons. The predicted molar refractivity (Wildman–Crippen MR) is 71.7 cm³/mol. The molecule has 1 aromatic heterocycles. The lowest BCUT2D eigenvalue weighted by molar-refractivity contribution is 0.0686. The van der Waals surface area contributed by atoms with E-state index >= 15 is 0 Å². The maximum Gasteiger partial charge on any atom is 0.352 e. The molecule has 4 nitrogen and oxygen atoms in total. The van der Waals surface area contributed by atoms with Crippen molar-refractivity contribution < 1.29 is 14.7 Å². The Morgan fingerprint density at radius 1 is 1.05 bits per heavy atom. The molecular formula is C15H15NO3. The Kier molecular flexibility index (Phi) is 3.25. The van der Waals surface area contributed by atoms with Crippen molar-refractivity contribution in [3.8, 4) is 0 Å². The minimum Gasteiger partial charge on any atom is -0.477 e. The van der Waals surface area contributed by atoms with Crippen molar-refractivity contribution >= 4 is 11.8 Å². The van der Waals surface area contributed by atoms with E-state index in [4.69, 9.17) is 5.11 Å². The summed E-state index contributed by atoms with van der Waals surface area (Å²) in [6, 6.07) is 6.88. The van der Waals surface area contributed by atoms with E-state index in [1.807, 2.05) is 26.0 Å². The first-order valence-corrected chi connectivity index (χ1v) is 5.91. The van der Waals surface area contributed by atoms with Crippen molar-refractivity contribution in [1.29, 1.82) is 0 Å². The zero-order chi connectivity index (χ0) is 14.2. The van der Waals surface area contributed by atoms with Crippen LogP contribution < -0.4 is 0 Å². The predicted octanol–water partition coefficient (Wildman–Crippen LogP) is 2.57. The number of nitrogens with zero attached hydrogens (tertiary/aromatic N) is 1. The highest BCUT2D eigenvalue weighted by Crippen LogP contribution is 2.16. The number of aromatic carboxylic acids is 1. The van der Waals surface area contributed by atoms with Gasteiger partial charge in [0.25, 0.3) is 0 Å². The Morgan fingerprint density at radius 3 is 2.26 bits per heavy atom. The van der Waals surface area contributed by atoms with Crippen molar-refractivity contribution in [2.45, 2.75) is 13.8 Å². The molecule has 19 heavy (non-hydrogen) atoms. The van der Waals surface area contributed by atoms with Gasteiger partial charge in [0.05, 0.1) is 0 Å². The fourth-order valence-electron chi connectivity index (χ4n) is 1.95. The highest BCUT2D eigenvalue weighted by Gasteiger charge is 2.16. The second-order valence-electron chi connectivity index (χ2n) is 4.66. The summed E-state index contributed by atoms with van der Waals surface area (Å²) in [7, 11) is 1.61. The highest BCUT2D eigenvalue weighted by molar-refractivity contribution is 6.10. The number of ketones is 1. The maximum atomic E-state index is 12.3. The lowest BCUT2D eigenvalue weighted by atomic mass is 10.0. The van der Waals surface area contributed by atoms with Crippen molar-refractivity contribution in [3.05, 3.63) is 58.4 Å². The molecule has 98 valence electrons. The molecule has 2 rings (SSSR count). The number of benzene rings is 1. The summed E-state index contributed by atoms with van der Waals surface area (Å²) in [6.07, 6.45) is 1.54. The summed E-state index contributed by atoms with van der Waals surface area (Å²) in [5.41, 5.74) is 3.23. The Hall–Kier alpha value is -2.36. The van der Waals surface area contributed by atoms with E-state index in [0.717, 1.165) is 11.1 Å². The van der Waals surface area contributed by atoms with Crippen molar-refractivity contribution in [2.24, 2.45) is 7.05 Å². The SMILES string of the molecule is Cc1ccc(C(=O)c2cc(C(=O)O)n(C)c2)cc1C. The van der Waals surface area contributed by atoms with Gasteiger partial charge in [-0.05, 0) is 37.1 Å².